The van der Waals surface area contributed by atoms with Crippen LogP contribution in [-0.2, 0) is 11.0 Å². The maximum Gasteiger partial charge on any atom is 0.490 e. The molecule has 0 aliphatic carbocycles. The second-order valence-corrected chi connectivity index (χ2v) is 10.8. The third-order valence-corrected chi connectivity index (χ3v) is 8.10. The number of hydrogen-bond acceptors (Lipinski definition) is 4. The molecule has 1 heterocycles. The Kier molecular flexibility index (Phi) is 4.72. The summed E-state index contributed by atoms with van der Waals surface area (Å²) < 4.78 is 6.06. The van der Waals surface area contributed by atoms with E-state index in [1.807, 2.05) is 0 Å². The molecule has 0 bridgehead atoms. The van der Waals surface area contributed by atoms with Gasteiger partial charge in [-0.1, -0.05) is 20.8 Å². The summed E-state index contributed by atoms with van der Waals surface area (Å²) in [4.78, 5) is 3.90. The molecule has 0 unspecified atom stereocenters. The molecule has 1 aromatic heterocycles. The molecule has 0 fully saturated rings. The van der Waals surface area contributed by atoms with Crippen molar-refractivity contribution in [3.8, 4) is 0 Å². The standard InChI is InChI=1S/C12H22BNO3Si/c1-12(2,3)18(4,5)17-9-10-6-7-14-8-11(10)13(15)16/h6-8,15-16H,9H2,1-5H3. The highest BCUT2D eigenvalue weighted by Gasteiger charge is 2.37. The Labute approximate surface area is 110 Å². The van der Waals surface area contributed by atoms with Crippen molar-refractivity contribution in [3.05, 3.63) is 24.0 Å². The molecule has 0 radical (unpaired) electrons. The summed E-state index contributed by atoms with van der Waals surface area (Å²) in [5.74, 6) is 0. The molecular weight excluding hydrogens is 245 g/mol. The lowest BCUT2D eigenvalue weighted by molar-refractivity contribution is 0.276. The molecule has 1 aromatic rings. The fourth-order valence-electron chi connectivity index (χ4n) is 1.27. The lowest BCUT2D eigenvalue weighted by Crippen LogP contribution is -2.41. The van der Waals surface area contributed by atoms with Crippen molar-refractivity contribution in [1.29, 1.82) is 0 Å². The lowest BCUT2D eigenvalue weighted by atomic mass is 9.78. The summed E-state index contributed by atoms with van der Waals surface area (Å²) in [5, 5.41) is 18.7. The van der Waals surface area contributed by atoms with Crippen molar-refractivity contribution in [3.63, 3.8) is 0 Å². The van der Waals surface area contributed by atoms with Gasteiger partial charge in [0.1, 0.15) is 0 Å². The second kappa shape index (κ2) is 5.52. The van der Waals surface area contributed by atoms with E-state index in [1.165, 1.54) is 6.20 Å². The molecule has 0 spiro atoms. The zero-order valence-electron chi connectivity index (χ0n) is 11.8. The summed E-state index contributed by atoms with van der Waals surface area (Å²) in [7, 11) is -3.33. The summed E-state index contributed by atoms with van der Waals surface area (Å²) in [6.45, 7) is 11.3. The highest BCUT2D eigenvalue weighted by Crippen LogP contribution is 2.36. The molecule has 0 aliphatic rings. The molecule has 0 saturated carbocycles. The van der Waals surface area contributed by atoms with Crippen LogP contribution < -0.4 is 5.46 Å². The Bertz CT molecular complexity index is 405. The van der Waals surface area contributed by atoms with E-state index in [9.17, 15) is 10.0 Å². The third kappa shape index (κ3) is 3.65. The molecule has 1 rings (SSSR count). The van der Waals surface area contributed by atoms with Gasteiger partial charge >= 0.3 is 7.12 Å². The van der Waals surface area contributed by atoms with E-state index in [4.69, 9.17) is 4.43 Å². The lowest BCUT2D eigenvalue weighted by Gasteiger charge is -2.36. The van der Waals surface area contributed by atoms with E-state index in [0.717, 1.165) is 5.56 Å². The molecule has 4 nitrogen and oxygen atoms in total. The van der Waals surface area contributed by atoms with Crippen LogP contribution in [0.5, 0.6) is 0 Å². The van der Waals surface area contributed by atoms with Gasteiger partial charge in [-0.2, -0.15) is 0 Å². The normalized spacial score (nSPS) is 12.6. The number of aromatic nitrogens is 1. The van der Waals surface area contributed by atoms with Crippen LogP contribution in [0.1, 0.15) is 26.3 Å². The Morgan fingerprint density at radius 3 is 2.44 bits per heavy atom. The van der Waals surface area contributed by atoms with Gasteiger partial charge in [-0.15, -0.1) is 0 Å². The van der Waals surface area contributed by atoms with Gasteiger partial charge in [0.25, 0.3) is 0 Å². The molecule has 0 aliphatic heterocycles. The van der Waals surface area contributed by atoms with E-state index in [1.54, 1.807) is 12.3 Å². The molecule has 0 amide bonds. The van der Waals surface area contributed by atoms with Crippen molar-refractivity contribution in [2.75, 3.05) is 0 Å². The van der Waals surface area contributed by atoms with Gasteiger partial charge in [0.2, 0.25) is 0 Å². The molecule has 6 heteroatoms. The maximum absolute atomic E-state index is 9.27. The average Bonchev–Trinajstić information content (AvgIpc) is 2.25. The summed E-state index contributed by atoms with van der Waals surface area (Å²) >= 11 is 0. The molecule has 0 atom stereocenters. The zero-order valence-corrected chi connectivity index (χ0v) is 12.8. The van der Waals surface area contributed by atoms with Crippen LogP contribution in [0.4, 0.5) is 0 Å². The fourth-order valence-corrected chi connectivity index (χ4v) is 2.22. The molecule has 2 N–H and O–H groups in total. The first-order chi connectivity index (χ1) is 8.15. The SMILES string of the molecule is CC(C)(C)[Si](C)(C)OCc1ccncc1B(O)O. The van der Waals surface area contributed by atoms with Crippen molar-refractivity contribution < 1.29 is 14.5 Å². The first kappa shape index (κ1) is 15.4. The summed E-state index contributed by atoms with van der Waals surface area (Å²) in [6.07, 6.45) is 3.10. The van der Waals surface area contributed by atoms with Gasteiger partial charge in [-0.05, 0) is 29.8 Å². The van der Waals surface area contributed by atoms with Gasteiger partial charge < -0.3 is 14.5 Å². The van der Waals surface area contributed by atoms with Gasteiger partial charge in [-0.25, -0.2) is 0 Å². The zero-order chi connectivity index (χ0) is 14.0. The number of pyridine rings is 1. The minimum Gasteiger partial charge on any atom is -0.423 e. The van der Waals surface area contributed by atoms with E-state index in [-0.39, 0.29) is 5.04 Å². The third-order valence-electron chi connectivity index (χ3n) is 3.62. The molecule has 18 heavy (non-hydrogen) atoms. The Balaban J connectivity index is 2.81. The summed E-state index contributed by atoms with van der Waals surface area (Å²) in [6, 6.07) is 1.77. The average molecular weight is 267 g/mol. The van der Waals surface area contributed by atoms with Crippen molar-refractivity contribution >= 4 is 20.9 Å². The van der Waals surface area contributed by atoms with E-state index < -0.39 is 15.4 Å². The smallest absolute Gasteiger partial charge is 0.423 e. The van der Waals surface area contributed by atoms with Crippen molar-refractivity contribution in [2.45, 2.75) is 45.5 Å². The van der Waals surface area contributed by atoms with Crippen molar-refractivity contribution in [2.24, 2.45) is 0 Å². The van der Waals surface area contributed by atoms with E-state index in [2.05, 4.69) is 38.8 Å². The fraction of sp³-hybridized carbons (Fsp3) is 0.583. The topological polar surface area (TPSA) is 62.6 Å². The summed E-state index contributed by atoms with van der Waals surface area (Å²) in [5.41, 5.74) is 1.20. The molecule has 0 aromatic carbocycles. The van der Waals surface area contributed by atoms with Crippen LogP contribution in [0.2, 0.25) is 18.1 Å². The first-order valence-electron chi connectivity index (χ1n) is 6.08. The van der Waals surface area contributed by atoms with Crippen LogP contribution in [0.3, 0.4) is 0 Å². The van der Waals surface area contributed by atoms with Crippen LogP contribution >= 0.6 is 0 Å². The molecular formula is C12H22BNO3Si. The number of rotatable bonds is 4. The van der Waals surface area contributed by atoms with E-state index in [0.29, 0.717) is 12.1 Å². The minimum atomic E-state index is -1.83. The van der Waals surface area contributed by atoms with Gasteiger partial charge in [0.15, 0.2) is 8.32 Å². The minimum absolute atomic E-state index is 0.137. The Morgan fingerprint density at radius 1 is 1.33 bits per heavy atom. The monoisotopic (exact) mass is 267 g/mol. The molecule has 100 valence electrons. The van der Waals surface area contributed by atoms with Gasteiger partial charge in [0, 0.05) is 17.9 Å². The predicted molar refractivity (Wildman–Crippen MR) is 76.0 cm³/mol. The largest absolute Gasteiger partial charge is 0.490 e. The predicted octanol–water partition coefficient (Wildman–Crippen LogP) is 1.28. The van der Waals surface area contributed by atoms with Crippen LogP contribution in [0.15, 0.2) is 18.5 Å². The highest BCUT2D eigenvalue weighted by atomic mass is 28.4. The van der Waals surface area contributed by atoms with E-state index >= 15 is 0 Å². The molecule has 0 saturated heterocycles. The van der Waals surface area contributed by atoms with Crippen LogP contribution in [-0.4, -0.2) is 30.5 Å². The van der Waals surface area contributed by atoms with Gasteiger partial charge in [0.05, 0.1) is 6.61 Å². The van der Waals surface area contributed by atoms with Crippen LogP contribution in [0, 0.1) is 0 Å². The highest BCUT2D eigenvalue weighted by molar-refractivity contribution is 6.74. The first-order valence-corrected chi connectivity index (χ1v) is 8.99. The quantitative estimate of drug-likeness (QED) is 0.807. The Morgan fingerprint density at radius 2 is 1.94 bits per heavy atom. The Hall–Kier alpha value is -0.688. The van der Waals surface area contributed by atoms with Gasteiger partial charge in [-0.3, -0.25) is 4.98 Å². The van der Waals surface area contributed by atoms with Crippen LogP contribution in [0.25, 0.3) is 0 Å². The number of hydrogen-bond donors (Lipinski definition) is 2. The van der Waals surface area contributed by atoms with Crippen molar-refractivity contribution in [1.82, 2.24) is 4.98 Å². The second-order valence-electron chi connectivity index (χ2n) is 6.00. The number of nitrogens with zero attached hydrogens (tertiary/aromatic N) is 1. The maximum atomic E-state index is 9.27.